The highest BCUT2D eigenvalue weighted by molar-refractivity contribution is 7.21. The van der Waals surface area contributed by atoms with Crippen molar-refractivity contribution in [3.63, 3.8) is 0 Å². The molecule has 3 N–H and O–H groups in total. The van der Waals surface area contributed by atoms with Crippen molar-refractivity contribution in [2.75, 3.05) is 11.1 Å². The fraction of sp³-hybridized carbons (Fsp3) is 0.300. The Morgan fingerprint density at radius 3 is 3.04 bits per heavy atom. The van der Waals surface area contributed by atoms with E-state index < -0.39 is 5.82 Å². The van der Waals surface area contributed by atoms with Crippen molar-refractivity contribution in [3.8, 4) is 0 Å². The monoisotopic (exact) mass is 369 g/mol. The fourth-order valence-electron chi connectivity index (χ4n) is 3.54. The molecule has 0 saturated carbocycles. The minimum atomic E-state index is -0.396. The van der Waals surface area contributed by atoms with Gasteiger partial charge < -0.3 is 11.1 Å². The fourth-order valence-corrected chi connectivity index (χ4v) is 4.53. The Kier molecular flexibility index (Phi) is 4.36. The predicted molar refractivity (Wildman–Crippen MR) is 104 cm³/mol. The van der Waals surface area contributed by atoms with Gasteiger partial charge in [0.25, 0.3) is 5.91 Å². The number of hydrogen-bond donors (Lipinski definition) is 2. The molecule has 1 aliphatic carbocycles. The van der Waals surface area contributed by atoms with E-state index in [1.807, 2.05) is 0 Å². The van der Waals surface area contributed by atoms with Crippen LogP contribution in [-0.4, -0.2) is 10.9 Å². The van der Waals surface area contributed by atoms with Crippen LogP contribution < -0.4 is 11.1 Å². The van der Waals surface area contributed by atoms with E-state index in [9.17, 15) is 9.18 Å². The van der Waals surface area contributed by atoms with E-state index in [1.165, 1.54) is 29.0 Å². The van der Waals surface area contributed by atoms with E-state index in [0.717, 1.165) is 41.6 Å². The van der Waals surface area contributed by atoms with Crippen LogP contribution in [0.2, 0.25) is 0 Å². The van der Waals surface area contributed by atoms with E-state index in [-0.39, 0.29) is 5.91 Å². The Bertz CT molecular complexity index is 998. The third-order valence-electron chi connectivity index (χ3n) is 5.05. The van der Waals surface area contributed by atoms with Gasteiger partial charge in [0.2, 0.25) is 0 Å². The molecule has 134 valence electrons. The molecule has 0 fully saturated rings. The quantitative estimate of drug-likeness (QED) is 0.698. The zero-order valence-electron chi connectivity index (χ0n) is 14.5. The Morgan fingerprint density at radius 1 is 1.42 bits per heavy atom. The summed E-state index contributed by atoms with van der Waals surface area (Å²) in [7, 11) is 0. The minimum absolute atomic E-state index is 0.333. The Balaban J connectivity index is 1.68. The first-order valence-electron chi connectivity index (χ1n) is 8.82. The third kappa shape index (κ3) is 3.05. The molecule has 4 nitrogen and oxygen atoms in total. The van der Waals surface area contributed by atoms with Gasteiger partial charge in [-0.2, -0.15) is 0 Å². The molecule has 0 aliphatic heterocycles. The summed E-state index contributed by atoms with van der Waals surface area (Å²) in [5.74, 6) is -0.0372. The summed E-state index contributed by atoms with van der Waals surface area (Å²) in [5, 5.41) is 3.55. The first-order valence-corrected chi connectivity index (χ1v) is 9.64. The van der Waals surface area contributed by atoms with Gasteiger partial charge >= 0.3 is 0 Å². The van der Waals surface area contributed by atoms with Crippen molar-refractivity contribution in [1.82, 2.24) is 4.98 Å². The van der Waals surface area contributed by atoms with Crippen molar-refractivity contribution in [1.29, 1.82) is 0 Å². The van der Waals surface area contributed by atoms with Gasteiger partial charge in [-0.15, -0.1) is 11.3 Å². The highest BCUT2D eigenvalue weighted by Crippen LogP contribution is 2.37. The Morgan fingerprint density at radius 2 is 2.27 bits per heavy atom. The van der Waals surface area contributed by atoms with Crippen LogP contribution in [-0.2, 0) is 12.8 Å². The zero-order valence-corrected chi connectivity index (χ0v) is 15.3. The lowest BCUT2D eigenvalue weighted by molar-refractivity contribution is 0.103. The van der Waals surface area contributed by atoms with Crippen LogP contribution in [0, 0.1) is 11.7 Å². The van der Waals surface area contributed by atoms with Crippen LogP contribution in [0.5, 0.6) is 0 Å². The van der Waals surface area contributed by atoms with E-state index >= 15 is 0 Å². The summed E-state index contributed by atoms with van der Waals surface area (Å²) in [6.45, 7) is 2.22. The number of hydrogen-bond acceptors (Lipinski definition) is 4. The van der Waals surface area contributed by atoms with Gasteiger partial charge in [-0.1, -0.05) is 19.4 Å². The van der Waals surface area contributed by atoms with E-state index in [1.54, 1.807) is 12.1 Å². The smallest absolute Gasteiger partial charge is 0.267 e. The SMILES string of the molecule is CC[C@@H]1CCc2nc3sc(C(=O)Nc4cccc(F)c4)c(N)c3cc2C1. The number of carbonyl (C=O) groups is 1. The van der Waals surface area contributed by atoms with E-state index in [0.29, 0.717) is 22.2 Å². The molecule has 0 bridgehead atoms. The Labute approximate surface area is 155 Å². The summed E-state index contributed by atoms with van der Waals surface area (Å²) >= 11 is 1.29. The lowest BCUT2D eigenvalue weighted by Gasteiger charge is -2.22. The maximum absolute atomic E-state index is 13.3. The second-order valence-electron chi connectivity index (χ2n) is 6.77. The largest absolute Gasteiger partial charge is 0.397 e. The third-order valence-corrected chi connectivity index (χ3v) is 6.17. The number of nitrogens with zero attached hydrogens (tertiary/aromatic N) is 1. The average Bonchev–Trinajstić information content (AvgIpc) is 2.95. The number of rotatable bonds is 3. The summed E-state index contributed by atoms with van der Waals surface area (Å²) in [4.78, 5) is 18.6. The van der Waals surface area contributed by atoms with Gasteiger partial charge in [-0.3, -0.25) is 4.79 Å². The van der Waals surface area contributed by atoms with Gasteiger partial charge in [0, 0.05) is 16.8 Å². The van der Waals surface area contributed by atoms with Crippen LogP contribution in [0.3, 0.4) is 0 Å². The normalized spacial score (nSPS) is 16.5. The average molecular weight is 369 g/mol. The number of thiophene rings is 1. The van der Waals surface area contributed by atoms with Crippen molar-refractivity contribution < 1.29 is 9.18 Å². The molecule has 1 amide bonds. The van der Waals surface area contributed by atoms with Gasteiger partial charge in [0.1, 0.15) is 15.5 Å². The van der Waals surface area contributed by atoms with Crippen LogP contribution in [0.4, 0.5) is 15.8 Å². The van der Waals surface area contributed by atoms with Gasteiger partial charge in [0.05, 0.1) is 5.69 Å². The second-order valence-corrected chi connectivity index (χ2v) is 7.77. The van der Waals surface area contributed by atoms with Crippen molar-refractivity contribution in [2.24, 2.45) is 5.92 Å². The molecule has 2 aromatic heterocycles. The number of benzene rings is 1. The number of aromatic nitrogens is 1. The molecule has 0 saturated heterocycles. The van der Waals surface area contributed by atoms with E-state index in [4.69, 9.17) is 10.7 Å². The lowest BCUT2D eigenvalue weighted by Crippen LogP contribution is -2.14. The molecular weight excluding hydrogens is 349 g/mol. The maximum atomic E-state index is 13.3. The first kappa shape index (κ1) is 17.0. The molecule has 26 heavy (non-hydrogen) atoms. The number of fused-ring (bicyclic) bond motifs is 2. The topological polar surface area (TPSA) is 68.0 Å². The van der Waals surface area contributed by atoms with Crippen molar-refractivity contribution >= 4 is 38.8 Å². The summed E-state index contributed by atoms with van der Waals surface area (Å²) in [6, 6.07) is 7.92. The Hall–Kier alpha value is -2.47. The van der Waals surface area contributed by atoms with Crippen LogP contribution in [0.1, 0.15) is 40.7 Å². The molecule has 6 heteroatoms. The van der Waals surface area contributed by atoms with E-state index in [2.05, 4.69) is 18.3 Å². The number of pyridine rings is 1. The molecule has 3 aromatic rings. The van der Waals surface area contributed by atoms with Gasteiger partial charge in [-0.05, 0) is 55.0 Å². The molecule has 0 radical (unpaired) electrons. The molecule has 0 unspecified atom stereocenters. The number of nitrogens with two attached hydrogens (primary N) is 1. The lowest BCUT2D eigenvalue weighted by atomic mass is 9.85. The van der Waals surface area contributed by atoms with Crippen LogP contribution in [0.15, 0.2) is 30.3 Å². The molecule has 1 aliphatic rings. The first-order chi connectivity index (χ1) is 12.5. The number of aryl methyl sites for hydroxylation is 1. The summed E-state index contributed by atoms with van der Waals surface area (Å²) < 4.78 is 13.3. The van der Waals surface area contributed by atoms with Crippen molar-refractivity contribution in [3.05, 3.63) is 52.3 Å². The van der Waals surface area contributed by atoms with Crippen LogP contribution >= 0.6 is 11.3 Å². The number of amides is 1. The number of nitrogen functional groups attached to an aromatic ring is 1. The molecule has 4 rings (SSSR count). The molecule has 1 atom stereocenters. The zero-order chi connectivity index (χ0) is 18.3. The second kappa shape index (κ2) is 6.68. The minimum Gasteiger partial charge on any atom is -0.397 e. The molecule has 0 spiro atoms. The standard InChI is InChI=1S/C20H20FN3OS/c1-2-11-6-7-16-12(8-11)9-15-17(22)18(26-20(15)24-16)19(25)23-14-5-3-4-13(21)10-14/h3-5,9-11H,2,6-8,22H2,1H3,(H,23,25)/t11-/m1/s1. The highest BCUT2D eigenvalue weighted by Gasteiger charge is 2.23. The molecule has 2 heterocycles. The number of carbonyl (C=O) groups excluding carboxylic acids is 1. The predicted octanol–water partition coefficient (Wildman–Crippen LogP) is 4.78. The van der Waals surface area contributed by atoms with Gasteiger partial charge in [-0.25, -0.2) is 9.37 Å². The highest BCUT2D eigenvalue weighted by atomic mass is 32.1. The van der Waals surface area contributed by atoms with Gasteiger partial charge in [0.15, 0.2) is 0 Å². The summed E-state index contributed by atoms with van der Waals surface area (Å²) in [5.41, 5.74) is 9.49. The van der Waals surface area contributed by atoms with Crippen LogP contribution in [0.25, 0.3) is 10.2 Å². The van der Waals surface area contributed by atoms with Crippen molar-refractivity contribution in [2.45, 2.75) is 32.6 Å². The maximum Gasteiger partial charge on any atom is 0.267 e. The number of nitrogens with one attached hydrogen (secondary N) is 1. The summed E-state index contributed by atoms with van der Waals surface area (Å²) in [6.07, 6.45) is 4.33. The number of halogens is 1. The molecular formula is C20H20FN3OS. The number of anilines is 2. The molecule has 1 aromatic carbocycles.